The van der Waals surface area contributed by atoms with Crippen LogP contribution in [-0.2, 0) is 11.3 Å². The Bertz CT molecular complexity index is 277. The third-order valence-electron chi connectivity index (χ3n) is 1.42. The molecule has 4 heteroatoms. The molecule has 0 spiro atoms. The van der Waals surface area contributed by atoms with Crippen molar-refractivity contribution < 1.29 is 9.84 Å². The molecular formula is C6H6N2O2. The van der Waals surface area contributed by atoms with Gasteiger partial charge in [-0.2, -0.15) is 0 Å². The Morgan fingerprint density at radius 1 is 1.70 bits per heavy atom. The average Bonchev–Trinajstić information content (AvgIpc) is 2.34. The first kappa shape index (κ1) is 5.34. The average molecular weight is 138 g/mol. The lowest BCUT2D eigenvalue weighted by Crippen LogP contribution is -1.93. The maximum Gasteiger partial charge on any atom is 0.237 e. The third-order valence-corrected chi connectivity index (χ3v) is 1.42. The molecule has 52 valence electrons. The van der Waals surface area contributed by atoms with E-state index < -0.39 is 0 Å². The first-order valence-corrected chi connectivity index (χ1v) is 2.92. The number of aromatic hydroxyl groups is 1. The first-order valence-electron chi connectivity index (χ1n) is 2.92. The molecule has 0 aromatic carbocycles. The van der Waals surface area contributed by atoms with Crippen molar-refractivity contribution in [3.8, 4) is 5.88 Å². The van der Waals surface area contributed by atoms with Crippen LogP contribution in [0.15, 0.2) is 6.26 Å². The van der Waals surface area contributed by atoms with E-state index in [0.717, 1.165) is 11.3 Å². The van der Waals surface area contributed by atoms with Crippen LogP contribution in [0.5, 0.6) is 5.88 Å². The summed E-state index contributed by atoms with van der Waals surface area (Å²) in [5, 5.41) is 15.3. The first-order chi connectivity index (χ1) is 4.88. The highest BCUT2D eigenvalue weighted by Gasteiger charge is 2.11. The van der Waals surface area contributed by atoms with E-state index in [-0.39, 0.29) is 5.88 Å². The van der Waals surface area contributed by atoms with Gasteiger partial charge in [-0.25, -0.2) is 0 Å². The second-order valence-corrected chi connectivity index (χ2v) is 2.05. The quantitative estimate of drug-likeness (QED) is 0.552. The Kier molecular flexibility index (Phi) is 0.943. The number of hydrogen-bond acceptors (Lipinski definition) is 3. The number of ether oxygens (including phenoxy) is 1. The normalized spacial score (nSPS) is 14.4. The predicted molar refractivity (Wildman–Crippen MR) is 34.1 cm³/mol. The summed E-state index contributed by atoms with van der Waals surface area (Å²) in [7, 11) is 0. The topological polar surface area (TPSA) is 58.1 Å². The van der Waals surface area contributed by atoms with Crippen LogP contribution in [0, 0.1) is 0 Å². The standard InChI is InChI=1S/C6H6N2O2/c9-6-4-1-2-10-3-5(4)7-8-6/h1-2H,3H2,(H2,7,8,9). The van der Waals surface area contributed by atoms with Gasteiger partial charge >= 0.3 is 0 Å². The van der Waals surface area contributed by atoms with Crippen molar-refractivity contribution in [1.29, 1.82) is 0 Å². The van der Waals surface area contributed by atoms with Gasteiger partial charge in [0, 0.05) is 0 Å². The van der Waals surface area contributed by atoms with Gasteiger partial charge in [-0.1, -0.05) is 0 Å². The van der Waals surface area contributed by atoms with Crippen molar-refractivity contribution in [1.82, 2.24) is 10.2 Å². The molecule has 0 unspecified atom stereocenters. The lowest BCUT2D eigenvalue weighted by Gasteiger charge is -2.03. The van der Waals surface area contributed by atoms with Crippen LogP contribution in [0.1, 0.15) is 11.3 Å². The molecular weight excluding hydrogens is 132 g/mol. The minimum atomic E-state index is 0.0366. The zero-order valence-electron chi connectivity index (χ0n) is 5.16. The molecule has 0 saturated carbocycles. The summed E-state index contributed by atoms with van der Waals surface area (Å²) in [6.45, 7) is 0.458. The molecule has 2 heterocycles. The van der Waals surface area contributed by atoms with Gasteiger partial charge in [0.25, 0.3) is 0 Å². The van der Waals surface area contributed by atoms with Crippen LogP contribution < -0.4 is 0 Å². The molecule has 0 fully saturated rings. The molecule has 10 heavy (non-hydrogen) atoms. The molecule has 1 aromatic rings. The van der Waals surface area contributed by atoms with Crippen LogP contribution in [0.4, 0.5) is 0 Å². The van der Waals surface area contributed by atoms with Crippen molar-refractivity contribution in [2.45, 2.75) is 6.61 Å². The summed E-state index contributed by atoms with van der Waals surface area (Å²) < 4.78 is 4.95. The molecule has 2 N–H and O–H groups in total. The number of nitrogens with one attached hydrogen (secondary N) is 1. The second-order valence-electron chi connectivity index (χ2n) is 2.05. The van der Waals surface area contributed by atoms with Gasteiger partial charge in [0.05, 0.1) is 17.5 Å². The van der Waals surface area contributed by atoms with Crippen LogP contribution in [-0.4, -0.2) is 15.3 Å². The molecule has 0 amide bonds. The van der Waals surface area contributed by atoms with Gasteiger partial charge in [0.15, 0.2) is 0 Å². The van der Waals surface area contributed by atoms with E-state index in [4.69, 9.17) is 9.84 Å². The molecule has 0 saturated heterocycles. The highest BCUT2D eigenvalue weighted by molar-refractivity contribution is 5.57. The smallest absolute Gasteiger partial charge is 0.237 e. The van der Waals surface area contributed by atoms with E-state index in [1.165, 1.54) is 6.26 Å². The zero-order valence-corrected chi connectivity index (χ0v) is 5.16. The van der Waals surface area contributed by atoms with Gasteiger partial charge in [0.1, 0.15) is 6.61 Å². The summed E-state index contributed by atoms with van der Waals surface area (Å²) >= 11 is 0. The molecule has 0 radical (unpaired) electrons. The fourth-order valence-corrected chi connectivity index (χ4v) is 0.909. The highest BCUT2D eigenvalue weighted by Crippen LogP contribution is 2.22. The van der Waals surface area contributed by atoms with Gasteiger partial charge in [0.2, 0.25) is 5.88 Å². The maximum atomic E-state index is 9.05. The van der Waals surface area contributed by atoms with Crippen LogP contribution in [0.2, 0.25) is 0 Å². The predicted octanol–water partition coefficient (Wildman–Crippen LogP) is 0.616. The SMILES string of the molecule is Oc1n[nH]c2c1C=COC2. The van der Waals surface area contributed by atoms with Crippen LogP contribution in [0.25, 0.3) is 6.08 Å². The maximum absolute atomic E-state index is 9.05. The number of rotatable bonds is 0. The lowest BCUT2D eigenvalue weighted by atomic mass is 10.2. The number of nitrogens with zero attached hydrogens (tertiary/aromatic N) is 1. The molecule has 2 rings (SSSR count). The number of H-pyrrole nitrogens is 1. The van der Waals surface area contributed by atoms with Crippen molar-refractivity contribution in [3.05, 3.63) is 17.5 Å². The van der Waals surface area contributed by atoms with Crippen LogP contribution in [0.3, 0.4) is 0 Å². The summed E-state index contributed by atoms with van der Waals surface area (Å²) in [6, 6.07) is 0. The Morgan fingerprint density at radius 2 is 2.60 bits per heavy atom. The minimum Gasteiger partial charge on any atom is -0.495 e. The number of aromatic nitrogens is 2. The van der Waals surface area contributed by atoms with E-state index in [9.17, 15) is 0 Å². The molecule has 1 aliphatic rings. The van der Waals surface area contributed by atoms with E-state index in [1.807, 2.05) is 0 Å². The van der Waals surface area contributed by atoms with Gasteiger partial charge in [-0.3, -0.25) is 5.10 Å². The number of aromatic amines is 1. The van der Waals surface area contributed by atoms with Gasteiger partial charge in [-0.05, 0) is 6.08 Å². The van der Waals surface area contributed by atoms with Crippen molar-refractivity contribution in [2.24, 2.45) is 0 Å². The molecule has 1 aromatic heterocycles. The molecule has 0 aliphatic carbocycles. The summed E-state index contributed by atoms with van der Waals surface area (Å²) in [4.78, 5) is 0. The lowest BCUT2D eigenvalue weighted by molar-refractivity contribution is 0.230. The Morgan fingerprint density at radius 3 is 3.40 bits per heavy atom. The van der Waals surface area contributed by atoms with Gasteiger partial charge in [-0.15, -0.1) is 5.10 Å². The molecule has 4 nitrogen and oxygen atoms in total. The van der Waals surface area contributed by atoms with Crippen molar-refractivity contribution in [3.63, 3.8) is 0 Å². The van der Waals surface area contributed by atoms with E-state index in [2.05, 4.69) is 10.2 Å². The monoisotopic (exact) mass is 138 g/mol. The van der Waals surface area contributed by atoms with E-state index >= 15 is 0 Å². The fraction of sp³-hybridized carbons (Fsp3) is 0.167. The largest absolute Gasteiger partial charge is 0.495 e. The Labute approximate surface area is 57.1 Å². The number of fused-ring (bicyclic) bond motifs is 1. The molecule has 0 atom stereocenters. The van der Waals surface area contributed by atoms with Crippen LogP contribution >= 0.6 is 0 Å². The summed E-state index contributed by atoms with van der Waals surface area (Å²) in [5.41, 5.74) is 1.55. The summed E-state index contributed by atoms with van der Waals surface area (Å²) in [5.74, 6) is 0.0366. The van der Waals surface area contributed by atoms with E-state index in [1.54, 1.807) is 6.08 Å². The summed E-state index contributed by atoms with van der Waals surface area (Å²) in [6.07, 6.45) is 3.22. The minimum absolute atomic E-state index is 0.0366. The van der Waals surface area contributed by atoms with E-state index in [0.29, 0.717) is 6.61 Å². The number of hydrogen-bond donors (Lipinski definition) is 2. The highest BCUT2D eigenvalue weighted by atomic mass is 16.5. The third kappa shape index (κ3) is 0.586. The zero-order chi connectivity index (χ0) is 6.97. The fourth-order valence-electron chi connectivity index (χ4n) is 0.909. The van der Waals surface area contributed by atoms with Gasteiger partial charge < -0.3 is 9.84 Å². The van der Waals surface area contributed by atoms with Crippen molar-refractivity contribution in [2.75, 3.05) is 0 Å². The molecule has 1 aliphatic heterocycles. The Balaban J connectivity index is 2.57. The molecule has 0 bridgehead atoms. The second kappa shape index (κ2) is 1.76. The Hall–Kier alpha value is -1.45. The van der Waals surface area contributed by atoms with Crippen molar-refractivity contribution >= 4 is 6.08 Å².